The zero-order valence-corrected chi connectivity index (χ0v) is 32.8. The first-order valence-corrected chi connectivity index (χ1v) is 20.8. The van der Waals surface area contributed by atoms with Crippen LogP contribution in [0, 0.1) is 46.3 Å². The van der Waals surface area contributed by atoms with Gasteiger partial charge in [-0.25, -0.2) is 0 Å². The molecule has 4 aliphatic rings. The molecule has 0 aliphatic heterocycles. The van der Waals surface area contributed by atoms with Crippen LogP contribution in [0.5, 0.6) is 0 Å². The lowest BCUT2D eigenvalue weighted by Crippen LogP contribution is -2.63. The van der Waals surface area contributed by atoms with Gasteiger partial charge in [0.2, 0.25) is 0 Å². The number of rotatable bonds is 20. The van der Waals surface area contributed by atoms with Crippen molar-refractivity contribution < 1.29 is 38.1 Å². The van der Waals surface area contributed by atoms with Crippen LogP contribution in [0.1, 0.15) is 143 Å². The number of fused-ring (bicyclic) bond motifs is 5. The Balaban J connectivity index is 1.56. The molecule has 11 atom stereocenters. The van der Waals surface area contributed by atoms with E-state index in [4.69, 9.17) is 36.1 Å². The number of carbonyl (C=O) groups is 4. The smallest absolute Gasteiger partial charge is 0.307 e. The molecule has 4 saturated carbocycles. The first-order chi connectivity index (χ1) is 24.9. The van der Waals surface area contributed by atoms with Gasteiger partial charge in [-0.1, -0.05) is 59.8 Å². The van der Waals surface area contributed by atoms with Gasteiger partial charge in [-0.15, -0.1) is 0 Å². The van der Waals surface area contributed by atoms with E-state index in [1.165, 1.54) is 25.7 Å². The van der Waals surface area contributed by atoms with Gasteiger partial charge >= 0.3 is 23.9 Å². The van der Waals surface area contributed by atoms with Gasteiger partial charge in [0.05, 0.1) is 25.9 Å². The van der Waals surface area contributed by atoms with Crippen LogP contribution in [0.4, 0.5) is 0 Å². The minimum Gasteiger partial charge on any atom is -0.466 e. The quantitative estimate of drug-likeness (QED) is 0.0762. The fraction of sp³-hybridized carbons (Fsp3) is 0.902. The summed E-state index contributed by atoms with van der Waals surface area (Å²) in [4.78, 5) is 51.6. The van der Waals surface area contributed by atoms with Crippen molar-refractivity contribution in [2.24, 2.45) is 63.5 Å². The van der Waals surface area contributed by atoms with E-state index in [1.807, 2.05) is 0 Å². The summed E-state index contributed by atoms with van der Waals surface area (Å²) in [5, 5.41) is 0. The van der Waals surface area contributed by atoms with Crippen molar-refractivity contribution in [3.63, 3.8) is 0 Å². The van der Waals surface area contributed by atoms with Gasteiger partial charge in [0.15, 0.2) is 0 Å². The second-order valence-corrected chi connectivity index (χ2v) is 17.0. The Morgan fingerprint density at radius 1 is 0.712 bits per heavy atom. The summed E-state index contributed by atoms with van der Waals surface area (Å²) in [7, 11) is 0. The number of nitrogens with two attached hydrogens (primary N) is 3. The van der Waals surface area contributed by atoms with E-state index in [2.05, 4.69) is 27.7 Å². The van der Waals surface area contributed by atoms with Crippen molar-refractivity contribution in [3.8, 4) is 0 Å². The minimum atomic E-state index is -0.371. The lowest BCUT2D eigenvalue weighted by atomic mass is 9.43. The minimum absolute atomic E-state index is 0.0910. The van der Waals surface area contributed by atoms with Gasteiger partial charge in [-0.3, -0.25) is 19.2 Å². The highest BCUT2D eigenvalue weighted by Crippen LogP contribution is 2.69. The molecule has 6 N–H and O–H groups in total. The van der Waals surface area contributed by atoms with Crippen molar-refractivity contribution >= 4 is 23.9 Å². The van der Waals surface area contributed by atoms with Gasteiger partial charge in [-0.2, -0.15) is 0 Å². The average Bonchev–Trinajstić information content (AvgIpc) is 3.46. The maximum absolute atomic E-state index is 13.2. The largest absolute Gasteiger partial charge is 0.466 e. The van der Waals surface area contributed by atoms with Gasteiger partial charge < -0.3 is 36.1 Å². The Kier molecular flexibility index (Phi) is 16.3. The fourth-order valence-corrected chi connectivity index (χ4v) is 11.2. The number of ether oxygens (including phenoxy) is 4. The summed E-state index contributed by atoms with van der Waals surface area (Å²) in [6.07, 6.45) is 13.2. The van der Waals surface area contributed by atoms with Crippen LogP contribution in [0.25, 0.3) is 0 Å². The molecule has 298 valence electrons. The third-order valence-corrected chi connectivity index (χ3v) is 13.9. The zero-order chi connectivity index (χ0) is 37.9. The van der Waals surface area contributed by atoms with Crippen molar-refractivity contribution in [2.45, 2.75) is 162 Å². The van der Waals surface area contributed by atoms with E-state index in [0.717, 1.165) is 38.5 Å². The summed E-state index contributed by atoms with van der Waals surface area (Å²) in [5.74, 6) is -0.00360. The molecule has 0 aromatic rings. The topological polar surface area (TPSA) is 183 Å². The second kappa shape index (κ2) is 19.9. The normalized spacial score (nSPS) is 34.3. The van der Waals surface area contributed by atoms with Crippen molar-refractivity contribution in [1.29, 1.82) is 0 Å². The van der Waals surface area contributed by atoms with Crippen LogP contribution in [0.3, 0.4) is 0 Å². The fourth-order valence-electron chi connectivity index (χ4n) is 11.2. The molecule has 52 heavy (non-hydrogen) atoms. The first-order valence-electron chi connectivity index (χ1n) is 20.8. The molecule has 0 radical (unpaired) electrons. The van der Waals surface area contributed by atoms with Crippen LogP contribution in [-0.4, -0.2) is 68.4 Å². The lowest BCUT2D eigenvalue weighted by molar-refractivity contribution is -0.225. The molecule has 11 heteroatoms. The standard InChI is InChI=1S/C41H71N3O8/c1-5-6-7-8-9-10-23-49-35(45)14-11-27(2)30-12-13-31-39-32(26-34(41(30,31)4)52-38(48)18-22-44)40(3)19-15-29(50-36(46)16-20-42)24-28(40)25-33(39)51-37(47)17-21-43/h27-34,39H,5-26,42-44H2,1-4H3/t27-,28?,29-,30-,31+,32+,33-,34+,39?,40+,41-/m1/s1. The molecule has 0 amide bonds. The highest BCUT2D eigenvalue weighted by Gasteiger charge is 2.67. The predicted octanol–water partition coefficient (Wildman–Crippen LogP) is 5.97. The Morgan fingerprint density at radius 2 is 1.35 bits per heavy atom. The maximum Gasteiger partial charge on any atom is 0.307 e. The second-order valence-electron chi connectivity index (χ2n) is 17.0. The number of carbonyl (C=O) groups excluding carboxylic acids is 4. The molecule has 11 nitrogen and oxygen atoms in total. The van der Waals surface area contributed by atoms with Gasteiger partial charge in [0.1, 0.15) is 18.3 Å². The number of hydrogen-bond donors (Lipinski definition) is 3. The third-order valence-electron chi connectivity index (χ3n) is 13.9. The Hall–Kier alpha value is -2.24. The van der Waals surface area contributed by atoms with Crippen LogP contribution in [0.15, 0.2) is 0 Å². The molecule has 0 spiro atoms. The summed E-state index contributed by atoms with van der Waals surface area (Å²) in [6.45, 7) is 10.3. The van der Waals surface area contributed by atoms with E-state index < -0.39 is 0 Å². The summed E-state index contributed by atoms with van der Waals surface area (Å²) < 4.78 is 24.3. The van der Waals surface area contributed by atoms with E-state index in [9.17, 15) is 19.2 Å². The number of hydrogen-bond acceptors (Lipinski definition) is 11. The van der Waals surface area contributed by atoms with E-state index >= 15 is 0 Å². The molecule has 4 fully saturated rings. The van der Waals surface area contributed by atoms with E-state index in [0.29, 0.717) is 38.7 Å². The highest BCUT2D eigenvalue weighted by atomic mass is 16.6. The number of unbranched alkanes of at least 4 members (excludes halogenated alkanes) is 5. The molecular weight excluding hydrogens is 662 g/mol. The van der Waals surface area contributed by atoms with E-state index in [1.54, 1.807) is 0 Å². The molecule has 0 heterocycles. The highest BCUT2D eigenvalue weighted by molar-refractivity contribution is 5.71. The monoisotopic (exact) mass is 734 g/mol. The van der Waals surface area contributed by atoms with Crippen molar-refractivity contribution in [3.05, 3.63) is 0 Å². The Morgan fingerprint density at radius 3 is 2.02 bits per heavy atom. The van der Waals surface area contributed by atoms with Gasteiger partial charge in [-0.05, 0) is 92.8 Å². The molecule has 2 unspecified atom stereocenters. The Bertz CT molecular complexity index is 1180. The van der Waals surface area contributed by atoms with Crippen molar-refractivity contribution in [1.82, 2.24) is 0 Å². The van der Waals surface area contributed by atoms with Crippen LogP contribution < -0.4 is 17.2 Å². The Labute approximate surface area is 312 Å². The average molecular weight is 734 g/mol. The van der Waals surface area contributed by atoms with Crippen LogP contribution in [-0.2, 0) is 38.1 Å². The van der Waals surface area contributed by atoms with Gasteiger partial charge in [0.25, 0.3) is 0 Å². The number of esters is 4. The first kappa shape index (κ1) is 42.5. The molecule has 0 aromatic carbocycles. The molecule has 4 rings (SSSR count). The predicted molar refractivity (Wildman–Crippen MR) is 199 cm³/mol. The van der Waals surface area contributed by atoms with Crippen molar-refractivity contribution in [2.75, 3.05) is 26.2 Å². The summed E-state index contributed by atoms with van der Waals surface area (Å²) in [5.41, 5.74) is 16.7. The molecule has 0 aromatic heterocycles. The molecular formula is C41H71N3O8. The molecule has 4 aliphatic carbocycles. The maximum atomic E-state index is 13.2. The lowest BCUT2D eigenvalue weighted by Gasteiger charge is -2.64. The van der Waals surface area contributed by atoms with Crippen LogP contribution in [0.2, 0.25) is 0 Å². The summed E-state index contributed by atoms with van der Waals surface area (Å²) >= 11 is 0. The van der Waals surface area contributed by atoms with Gasteiger partial charge in [0, 0.05) is 37.4 Å². The van der Waals surface area contributed by atoms with E-state index in [-0.39, 0.29) is 127 Å². The summed E-state index contributed by atoms with van der Waals surface area (Å²) in [6, 6.07) is 0. The SMILES string of the molecule is CCCCCCCCOC(=O)CC[C@@H](C)[C@H]1CC[C@H]2C3[C@H](OC(=O)CCN)CC4C[C@H](OC(=O)CCN)CC[C@]4(C)[C@H]3C[C@H](OC(=O)CCN)[C@]12C. The molecule has 0 bridgehead atoms. The molecule has 0 saturated heterocycles. The van der Waals surface area contributed by atoms with Crippen LogP contribution >= 0.6 is 0 Å². The third kappa shape index (κ3) is 10.1. The zero-order valence-electron chi connectivity index (χ0n) is 32.8.